The van der Waals surface area contributed by atoms with E-state index in [1.807, 2.05) is 31.2 Å². The number of hydrogen-bond acceptors (Lipinski definition) is 3. The van der Waals surface area contributed by atoms with E-state index < -0.39 is 0 Å². The number of carbonyl (C=O) groups is 1. The number of nitrogens with one attached hydrogen (secondary N) is 2. The van der Waals surface area contributed by atoms with Crippen LogP contribution in [0.25, 0.3) is 0 Å². The molecule has 0 saturated heterocycles. The molecule has 1 heterocycles. The number of benzene rings is 1. The highest BCUT2D eigenvalue weighted by Gasteiger charge is 2.07. The lowest BCUT2D eigenvalue weighted by molar-refractivity contribution is 0.0950. The third-order valence-electron chi connectivity index (χ3n) is 2.71. The fourth-order valence-corrected chi connectivity index (χ4v) is 1.60. The van der Waals surface area contributed by atoms with Crippen molar-refractivity contribution in [3.63, 3.8) is 0 Å². The molecule has 2 aromatic rings. The molecular weight excluding hydrogens is 240 g/mol. The topological polar surface area (TPSA) is 70.1 Å². The van der Waals surface area contributed by atoms with E-state index in [0.717, 1.165) is 17.7 Å². The lowest BCUT2D eigenvalue weighted by atomic mass is 10.1. The van der Waals surface area contributed by atoms with Crippen LogP contribution in [-0.4, -0.2) is 22.3 Å². The minimum atomic E-state index is -0.328. The van der Waals surface area contributed by atoms with Gasteiger partial charge < -0.3 is 0 Å². The summed E-state index contributed by atoms with van der Waals surface area (Å²) in [5.41, 5.74) is 5.82. The number of aromatic amines is 1. The van der Waals surface area contributed by atoms with Gasteiger partial charge in [-0.15, -0.1) is 0 Å². The van der Waals surface area contributed by atoms with E-state index in [0.29, 0.717) is 5.69 Å². The Bertz CT molecular complexity index is 584. The van der Waals surface area contributed by atoms with Gasteiger partial charge in [0.05, 0.1) is 6.21 Å². The predicted octanol–water partition coefficient (Wildman–Crippen LogP) is 2.04. The second-order valence-electron chi connectivity index (χ2n) is 4.23. The quantitative estimate of drug-likeness (QED) is 0.649. The summed E-state index contributed by atoms with van der Waals surface area (Å²) in [6.07, 6.45) is 2.61. The molecular formula is C14H16N4O. The molecule has 2 rings (SSSR count). The number of nitrogens with zero attached hydrogens (tertiary/aromatic N) is 2. The van der Waals surface area contributed by atoms with Crippen molar-refractivity contribution in [3.8, 4) is 0 Å². The van der Waals surface area contributed by atoms with Gasteiger partial charge in [0, 0.05) is 5.69 Å². The van der Waals surface area contributed by atoms with Gasteiger partial charge in [0.15, 0.2) is 5.69 Å². The first-order valence-electron chi connectivity index (χ1n) is 6.13. The number of rotatable bonds is 4. The third-order valence-corrected chi connectivity index (χ3v) is 2.71. The maximum absolute atomic E-state index is 11.6. The second kappa shape index (κ2) is 5.95. The van der Waals surface area contributed by atoms with Crippen LogP contribution in [0.3, 0.4) is 0 Å². The molecule has 1 amide bonds. The second-order valence-corrected chi connectivity index (χ2v) is 4.23. The van der Waals surface area contributed by atoms with Gasteiger partial charge in [0.2, 0.25) is 0 Å². The standard InChI is InChI=1S/C14H16N4O/c1-3-11-4-6-12(7-5-11)9-15-18-14(19)13-8-10(2)16-17-13/h4-9H,3H2,1-2H3,(H,16,17)(H,18,19)/b15-9-. The molecule has 0 atom stereocenters. The van der Waals surface area contributed by atoms with Gasteiger partial charge in [-0.05, 0) is 30.5 Å². The maximum atomic E-state index is 11.6. The van der Waals surface area contributed by atoms with Crippen LogP contribution >= 0.6 is 0 Å². The number of aromatic nitrogens is 2. The van der Waals surface area contributed by atoms with E-state index in [-0.39, 0.29) is 5.91 Å². The normalized spacial score (nSPS) is 10.8. The van der Waals surface area contributed by atoms with Crippen LogP contribution in [0, 0.1) is 6.92 Å². The minimum Gasteiger partial charge on any atom is -0.282 e. The highest BCUT2D eigenvalue weighted by molar-refractivity contribution is 5.93. The molecule has 1 aromatic carbocycles. The zero-order valence-corrected chi connectivity index (χ0v) is 11.0. The van der Waals surface area contributed by atoms with Crippen molar-refractivity contribution in [1.29, 1.82) is 0 Å². The summed E-state index contributed by atoms with van der Waals surface area (Å²) in [5, 5.41) is 10.5. The van der Waals surface area contributed by atoms with Crippen LogP contribution in [0.4, 0.5) is 0 Å². The molecule has 98 valence electrons. The lowest BCUT2D eigenvalue weighted by Gasteiger charge is -1.97. The van der Waals surface area contributed by atoms with Crippen LogP contribution in [0.5, 0.6) is 0 Å². The first kappa shape index (κ1) is 13.0. The molecule has 19 heavy (non-hydrogen) atoms. The summed E-state index contributed by atoms with van der Waals surface area (Å²) in [5.74, 6) is -0.328. The smallest absolute Gasteiger partial charge is 0.282 e. The fourth-order valence-electron chi connectivity index (χ4n) is 1.60. The molecule has 0 aliphatic carbocycles. The molecule has 5 nitrogen and oxygen atoms in total. The number of hydrazone groups is 1. The van der Waals surface area contributed by atoms with Crippen LogP contribution in [0.2, 0.25) is 0 Å². The summed E-state index contributed by atoms with van der Waals surface area (Å²) in [7, 11) is 0. The highest BCUT2D eigenvalue weighted by Crippen LogP contribution is 2.02. The molecule has 1 aromatic heterocycles. The SMILES string of the molecule is CCc1ccc(/C=N\NC(=O)c2cc(C)[nH]n2)cc1. The average Bonchev–Trinajstić information content (AvgIpc) is 2.86. The van der Waals surface area contributed by atoms with Gasteiger partial charge >= 0.3 is 0 Å². The largest absolute Gasteiger partial charge is 0.291 e. The monoisotopic (exact) mass is 256 g/mol. The molecule has 0 aliphatic heterocycles. The highest BCUT2D eigenvalue weighted by atomic mass is 16.2. The van der Waals surface area contributed by atoms with Crippen molar-refractivity contribution in [3.05, 3.63) is 52.8 Å². The molecule has 0 radical (unpaired) electrons. The van der Waals surface area contributed by atoms with E-state index in [2.05, 4.69) is 27.6 Å². The number of carbonyl (C=O) groups excluding carboxylic acids is 1. The summed E-state index contributed by atoms with van der Waals surface area (Å²) in [4.78, 5) is 11.6. The van der Waals surface area contributed by atoms with Crippen molar-refractivity contribution in [1.82, 2.24) is 15.6 Å². The molecule has 5 heteroatoms. The van der Waals surface area contributed by atoms with Gasteiger partial charge in [-0.25, -0.2) is 5.43 Å². The predicted molar refractivity (Wildman–Crippen MR) is 74.2 cm³/mol. The molecule has 0 spiro atoms. The Balaban J connectivity index is 1.94. The molecule has 0 unspecified atom stereocenters. The third kappa shape index (κ3) is 3.51. The van der Waals surface area contributed by atoms with Gasteiger partial charge in [0.1, 0.15) is 0 Å². The Kier molecular flexibility index (Phi) is 4.07. The van der Waals surface area contributed by atoms with Crippen molar-refractivity contribution in [2.45, 2.75) is 20.3 Å². The molecule has 0 fully saturated rings. The van der Waals surface area contributed by atoms with Crippen LogP contribution in [-0.2, 0) is 6.42 Å². The number of H-pyrrole nitrogens is 1. The molecule has 0 aliphatic rings. The van der Waals surface area contributed by atoms with E-state index in [4.69, 9.17) is 0 Å². The Morgan fingerprint density at radius 3 is 2.74 bits per heavy atom. The van der Waals surface area contributed by atoms with E-state index in [1.165, 1.54) is 5.56 Å². The minimum absolute atomic E-state index is 0.328. The summed E-state index contributed by atoms with van der Waals surface area (Å²) < 4.78 is 0. The molecule has 0 saturated carbocycles. The Morgan fingerprint density at radius 1 is 1.42 bits per heavy atom. The Labute approximate surface area is 111 Å². The Morgan fingerprint density at radius 2 is 2.16 bits per heavy atom. The molecule has 0 bridgehead atoms. The van der Waals surface area contributed by atoms with Crippen molar-refractivity contribution < 1.29 is 4.79 Å². The summed E-state index contributed by atoms with van der Waals surface area (Å²) in [6.45, 7) is 3.94. The van der Waals surface area contributed by atoms with Gasteiger partial charge in [-0.2, -0.15) is 10.2 Å². The lowest BCUT2D eigenvalue weighted by Crippen LogP contribution is -2.18. The first-order chi connectivity index (χ1) is 9.19. The Hall–Kier alpha value is -2.43. The van der Waals surface area contributed by atoms with Crippen molar-refractivity contribution in [2.24, 2.45) is 5.10 Å². The first-order valence-corrected chi connectivity index (χ1v) is 6.13. The number of amides is 1. The zero-order chi connectivity index (χ0) is 13.7. The van der Waals surface area contributed by atoms with Gasteiger partial charge in [-0.1, -0.05) is 31.2 Å². The van der Waals surface area contributed by atoms with E-state index in [1.54, 1.807) is 12.3 Å². The van der Waals surface area contributed by atoms with E-state index in [9.17, 15) is 4.79 Å². The van der Waals surface area contributed by atoms with Gasteiger partial charge in [0.25, 0.3) is 5.91 Å². The fraction of sp³-hybridized carbons (Fsp3) is 0.214. The van der Waals surface area contributed by atoms with E-state index >= 15 is 0 Å². The molecule has 2 N–H and O–H groups in total. The maximum Gasteiger partial charge on any atom is 0.291 e. The van der Waals surface area contributed by atoms with Crippen LogP contribution in [0.15, 0.2) is 35.4 Å². The number of hydrogen-bond donors (Lipinski definition) is 2. The average molecular weight is 256 g/mol. The number of aryl methyl sites for hydroxylation is 2. The summed E-state index contributed by atoms with van der Waals surface area (Å²) >= 11 is 0. The van der Waals surface area contributed by atoms with Crippen LogP contribution in [0.1, 0.15) is 34.2 Å². The van der Waals surface area contributed by atoms with Gasteiger partial charge in [-0.3, -0.25) is 9.89 Å². The van der Waals surface area contributed by atoms with Crippen molar-refractivity contribution >= 4 is 12.1 Å². The van der Waals surface area contributed by atoms with Crippen molar-refractivity contribution in [2.75, 3.05) is 0 Å². The summed E-state index contributed by atoms with van der Waals surface area (Å²) in [6, 6.07) is 9.68. The van der Waals surface area contributed by atoms with Crippen LogP contribution < -0.4 is 5.43 Å². The zero-order valence-electron chi connectivity index (χ0n) is 11.0.